The Hall–Kier alpha value is 0.737. The van der Waals surface area contributed by atoms with E-state index in [9.17, 15) is 0 Å². The van der Waals surface area contributed by atoms with Crippen LogP contribution in [0.15, 0.2) is 0 Å². The van der Waals surface area contributed by atoms with Crippen molar-refractivity contribution in [1.29, 1.82) is 0 Å². The molecule has 0 amide bonds. The molecule has 2 saturated heterocycles. The Labute approximate surface area is 139 Å². The van der Waals surface area contributed by atoms with Crippen molar-refractivity contribution in [2.45, 2.75) is 81.4 Å². The Morgan fingerprint density at radius 3 is 2.52 bits per heavy atom. The van der Waals surface area contributed by atoms with Crippen LogP contribution in [0, 0.1) is 0 Å². The monoisotopic (exact) mass is 352 g/mol. The Morgan fingerprint density at radius 2 is 1.95 bits per heavy atom. The lowest BCUT2D eigenvalue weighted by Crippen LogP contribution is -2.44. The van der Waals surface area contributed by atoms with Gasteiger partial charge in [-0.25, -0.2) is 0 Å². The quantitative estimate of drug-likeness (QED) is 0.558. The van der Waals surface area contributed by atoms with Crippen molar-refractivity contribution in [2.24, 2.45) is 0 Å². The van der Waals surface area contributed by atoms with Crippen LogP contribution < -0.4 is 0 Å². The maximum atomic E-state index is 6.64. The van der Waals surface area contributed by atoms with Gasteiger partial charge in [-0.3, -0.25) is 0 Å². The van der Waals surface area contributed by atoms with Crippen molar-refractivity contribution < 1.29 is 13.9 Å². The van der Waals surface area contributed by atoms with Crippen LogP contribution >= 0.6 is 23.4 Å². The summed E-state index contributed by atoms with van der Waals surface area (Å²) in [5, 5.41) is 0.434. The predicted molar refractivity (Wildman–Crippen MR) is 92.9 cm³/mol. The highest BCUT2D eigenvalue weighted by Gasteiger charge is 2.51. The maximum Gasteiger partial charge on any atom is 0.192 e. The fraction of sp³-hybridized carbons (Fsp3) is 1.00. The Balaban J connectivity index is 1.91. The molecule has 4 atom stereocenters. The maximum absolute atomic E-state index is 6.64. The standard InChI is InChI=1S/C15H29ClO3SSi/c1-14(2,3)21(6,7)17-8-10(16)13-12-11(9-20-13)18-15(4,5)19-12/h10-13H,8-9H2,1-7H3/t10?,11?,12-,13-/m0/s1. The van der Waals surface area contributed by atoms with Crippen molar-refractivity contribution in [3.63, 3.8) is 0 Å². The molecular formula is C15H29ClO3SSi. The van der Waals surface area contributed by atoms with Gasteiger partial charge in [0.2, 0.25) is 0 Å². The molecule has 2 aliphatic rings. The molecule has 0 N–H and O–H groups in total. The van der Waals surface area contributed by atoms with Gasteiger partial charge in [-0.15, -0.1) is 11.6 Å². The molecule has 0 radical (unpaired) electrons. The first-order valence-electron chi connectivity index (χ1n) is 7.68. The molecule has 124 valence electrons. The molecule has 0 spiro atoms. The summed E-state index contributed by atoms with van der Waals surface area (Å²) in [6, 6.07) is 0. The molecule has 0 aromatic heterocycles. The topological polar surface area (TPSA) is 27.7 Å². The van der Waals surface area contributed by atoms with Gasteiger partial charge in [0.15, 0.2) is 14.1 Å². The highest BCUT2D eigenvalue weighted by atomic mass is 35.5. The second-order valence-electron chi connectivity index (χ2n) is 8.02. The fourth-order valence-electron chi connectivity index (χ4n) is 2.48. The van der Waals surface area contributed by atoms with Crippen LogP contribution in [0.25, 0.3) is 0 Å². The Morgan fingerprint density at radius 1 is 1.33 bits per heavy atom. The van der Waals surface area contributed by atoms with Gasteiger partial charge < -0.3 is 13.9 Å². The van der Waals surface area contributed by atoms with Gasteiger partial charge in [0.05, 0.1) is 23.3 Å². The van der Waals surface area contributed by atoms with Crippen LogP contribution in [0.4, 0.5) is 0 Å². The van der Waals surface area contributed by atoms with E-state index >= 15 is 0 Å². The van der Waals surface area contributed by atoms with Gasteiger partial charge in [-0.1, -0.05) is 20.8 Å². The van der Waals surface area contributed by atoms with E-state index in [1.54, 1.807) is 0 Å². The average Bonchev–Trinajstić information content (AvgIpc) is 2.79. The minimum Gasteiger partial charge on any atom is -0.415 e. The minimum absolute atomic E-state index is 0.0309. The second-order valence-corrected chi connectivity index (χ2v) is 14.6. The lowest BCUT2D eigenvalue weighted by molar-refractivity contribution is -0.145. The lowest BCUT2D eigenvalue weighted by Gasteiger charge is -2.37. The highest BCUT2D eigenvalue weighted by Crippen LogP contribution is 2.44. The number of halogens is 1. The van der Waals surface area contributed by atoms with Crippen LogP contribution in [0.2, 0.25) is 18.1 Å². The van der Waals surface area contributed by atoms with Crippen molar-refractivity contribution in [3.05, 3.63) is 0 Å². The third-order valence-corrected chi connectivity index (χ3v) is 11.3. The van der Waals surface area contributed by atoms with E-state index in [2.05, 4.69) is 33.9 Å². The number of fused-ring (bicyclic) bond motifs is 1. The molecule has 2 unspecified atom stereocenters. The highest BCUT2D eigenvalue weighted by molar-refractivity contribution is 8.00. The molecular weight excluding hydrogens is 324 g/mol. The van der Waals surface area contributed by atoms with Crippen molar-refractivity contribution in [3.8, 4) is 0 Å². The summed E-state index contributed by atoms with van der Waals surface area (Å²) >= 11 is 8.50. The number of ether oxygens (including phenoxy) is 2. The van der Waals surface area contributed by atoms with Gasteiger partial charge in [-0.05, 0) is 32.0 Å². The molecule has 2 aliphatic heterocycles. The third kappa shape index (κ3) is 3.99. The van der Waals surface area contributed by atoms with E-state index in [1.165, 1.54) is 0 Å². The molecule has 2 heterocycles. The SMILES string of the molecule is CC1(C)OC2CS[C@@H](C(Cl)CO[Si](C)(C)C(C)(C)C)[C@H]2O1. The van der Waals surface area contributed by atoms with Gasteiger partial charge >= 0.3 is 0 Å². The van der Waals surface area contributed by atoms with Gasteiger partial charge in [-0.2, -0.15) is 11.8 Å². The summed E-state index contributed by atoms with van der Waals surface area (Å²) < 4.78 is 18.2. The molecule has 0 saturated carbocycles. The van der Waals surface area contributed by atoms with Crippen LogP contribution in [0.1, 0.15) is 34.6 Å². The summed E-state index contributed by atoms with van der Waals surface area (Å²) in [5.74, 6) is 0.480. The first-order chi connectivity index (χ1) is 9.43. The molecule has 6 heteroatoms. The van der Waals surface area contributed by atoms with Crippen LogP contribution in [-0.2, 0) is 13.9 Å². The fourth-order valence-corrected chi connectivity index (χ4v) is 5.42. The number of hydrogen-bond donors (Lipinski definition) is 0. The predicted octanol–water partition coefficient (Wildman–Crippen LogP) is 4.25. The average molecular weight is 353 g/mol. The summed E-state index contributed by atoms with van der Waals surface area (Å²) in [6.07, 6.45) is 0.264. The Bertz CT molecular complexity index is 384. The number of rotatable bonds is 4. The zero-order valence-corrected chi connectivity index (χ0v) is 16.8. The molecule has 0 bridgehead atoms. The minimum atomic E-state index is -1.75. The third-order valence-electron chi connectivity index (χ3n) is 4.76. The first-order valence-corrected chi connectivity index (χ1v) is 12.1. The summed E-state index contributed by atoms with van der Waals surface area (Å²) in [5.41, 5.74) is 0. The van der Waals surface area contributed by atoms with Crippen molar-refractivity contribution in [2.75, 3.05) is 12.4 Å². The van der Waals surface area contributed by atoms with E-state index in [1.807, 2.05) is 25.6 Å². The molecule has 2 rings (SSSR count). The van der Waals surface area contributed by atoms with Crippen molar-refractivity contribution in [1.82, 2.24) is 0 Å². The number of thioether (sulfide) groups is 1. The molecule has 0 aromatic carbocycles. The van der Waals surface area contributed by atoms with Gasteiger partial charge in [0, 0.05) is 5.75 Å². The molecule has 21 heavy (non-hydrogen) atoms. The van der Waals surface area contributed by atoms with E-state index < -0.39 is 14.1 Å². The number of alkyl halides is 1. The van der Waals surface area contributed by atoms with Gasteiger partial charge in [0.1, 0.15) is 6.10 Å². The first kappa shape index (κ1) is 18.1. The van der Waals surface area contributed by atoms with Crippen LogP contribution in [0.5, 0.6) is 0 Å². The second kappa shape index (κ2) is 5.99. The zero-order chi connectivity index (χ0) is 16.1. The van der Waals surface area contributed by atoms with E-state index in [4.69, 9.17) is 25.5 Å². The van der Waals surface area contributed by atoms with Crippen molar-refractivity contribution >= 4 is 31.7 Å². The largest absolute Gasteiger partial charge is 0.415 e. The summed E-state index contributed by atoms with van der Waals surface area (Å²) in [7, 11) is -1.75. The van der Waals surface area contributed by atoms with Crippen LogP contribution in [-0.4, -0.2) is 49.3 Å². The lowest BCUT2D eigenvalue weighted by atomic mass is 10.1. The van der Waals surface area contributed by atoms with E-state index in [0.29, 0.717) is 6.61 Å². The molecule has 0 aliphatic carbocycles. The zero-order valence-electron chi connectivity index (χ0n) is 14.2. The van der Waals surface area contributed by atoms with E-state index in [-0.39, 0.29) is 27.9 Å². The summed E-state index contributed by atoms with van der Waals surface area (Å²) in [6.45, 7) is 15.8. The molecule has 2 fully saturated rings. The Kier molecular flexibility index (Phi) is 5.15. The molecule has 0 aromatic rings. The summed E-state index contributed by atoms with van der Waals surface area (Å²) in [4.78, 5) is 0. The molecule has 3 nitrogen and oxygen atoms in total. The normalized spacial score (nSPS) is 34.0. The van der Waals surface area contributed by atoms with Crippen LogP contribution in [0.3, 0.4) is 0 Å². The number of hydrogen-bond acceptors (Lipinski definition) is 4. The van der Waals surface area contributed by atoms with E-state index in [0.717, 1.165) is 5.75 Å². The smallest absolute Gasteiger partial charge is 0.192 e. The van der Waals surface area contributed by atoms with Gasteiger partial charge in [0.25, 0.3) is 0 Å².